The number of hydrogen-bond acceptors (Lipinski definition) is 6. The summed E-state index contributed by atoms with van der Waals surface area (Å²) in [7, 11) is 0. The van der Waals surface area contributed by atoms with Crippen LogP contribution >= 0.6 is 46.6 Å². The average molecular weight is 611 g/mol. The summed E-state index contributed by atoms with van der Waals surface area (Å²) in [4.78, 5) is 11.9. The van der Waals surface area contributed by atoms with Crippen molar-refractivity contribution in [3.8, 4) is 11.1 Å². The molecule has 6 nitrogen and oxygen atoms in total. The number of rotatable bonds is 10. The van der Waals surface area contributed by atoms with Gasteiger partial charge in [-0.25, -0.2) is 0 Å². The summed E-state index contributed by atoms with van der Waals surface area (Å²) < 4.78 is 10.8. The first kappa shape index (κ1) is 30.2. The van der Waals surface area contributed by atoms with Crippen molar-refractivity contribution in [2.24, 2.45) is 0 Å². The first-order chi connectivity index (χ1) is 18.8. The number of aliphatic hydroxyl groups excluding tert-OH is 2. The lowest BCUT2D eigenvalue weighted by Gasteiger charge is -2.36. The Bertz CT molecular complexity index is 1240. The van der Waals surface area contributed by atoms with Crippen molar-refractivity contribution >= 4 is 52.5 Å². The number of amides is 1. The molecule has 0 saturated carbocycles. The molecular weight excluding hydrogens is 581 g/mol. The lowest BCUT2D eigenvalue weighted by atomic mass is 9.99. The zero-order valence-corrected chi connectivity index (χ0v) is 24.1. The second-order valence-electron chi connectivity index (χ2n) is 9.15. The van der Waals surface area contributed by atoms with Crippen LogP contribution in [0.5, 0.6) is 0 Å². The second kappa shape index (κ2) is 14.2. The molecule has 1 aliphatic rings. The van der Waals surface area contributed by atoms with Crippen LogP contribution in [0.3, 0.4) is 0 Å². The number of ether oxygens (including phenoxy) is 2. The Morgan fingerprint density at radius 1 is 0.923 bits per heavy atom. The van der Waals surface area contributed by atoms with Crippen LogP contribution in [0.25, 0.3) is 11.1 Å². The number of alkyl halides is 3. The van der Waals surface area contributed by atoms with Gasteiger partial charge in [-0.2, -0.15) is 11.8 Å². The third-order valence-corrected chi connectivity index (χ3v) is 7.88. The van der Waals surface area contributed by atoms with Gasteiger partial charge in [0.25, 0.3) is 9.70 Å². The van der Waals surface area contributed by atoms with E-state index in [1.807, 2.05) is 72.8 Å². The van der Waals surface area contributed by atoms with E-state index in [4.69, 9.17) is 44.3 Å². The van der Waals surface area contributed by atoms with Crippen LogP contribution in [-0.4, -0.2) is 44.1 Å². The van der Waals surface area contributed by atoms with Crippen molar-refractivity contribution in [1.29, 1.82) is 0 Å². The molecule has 0 unspecified atom stereocenters. The van der Waals surface area contributed by atoms with E-state index >= 15 is 0 Å². The van der Waals surface area contributed by atoms with Gasteiger partial charge in [0.15, 0.2) is 6.29 Å². The predicted octanol–water partition coefficient (Wildman–Crippen LogP) is 6.10. The van der Waals surface area contributed by atoms with E-state index in [1.54, 1.807) is 11.8 Å². The lowest BCUT2D eigenvalue weighted by molar-refractivity contribution is -0.245. The highest BCUT2D eigenvalue weighted by atomic mass is 35.6. The zero-order valence-electron chi connectivity index (χ0n) is 21.1. The molecule has 4 rings (SSSR count). The fraction of sp³-hybridized carbons (Fsp3) is 0.345. The summed E-state index contributed by atoms with van der Waals surface area (Å²) in [6.07, 6.45) is -0.122. The van der Waals surface area contributed by atoms with Gasteiger partial charge < -0.3 is 25.0 Å². The van der Waals surface area contributed by atoms with Crippen LogP contribution < -0.4 is 5.32 Å². The van der Waals surface area contributed by atoms with E-state index in [9.17, 15) is 15.0 Å². The van der Waals surface area contributed by atoms with Crippen LogP contribution in [0.2, 0.25) is 0 Å². The molecule has 0 bridgehead atoms. The minimum Gasteiger partial charge on any atom is -0.396 e. The van der Waals surface area contributed by atoms with Crippen LogP contribution in [0.15, 0.2) is 72.8 Å². The normalized spacial score (nSPS) is 19.6. The van der Waals surface area contributed by atoms with Gasteiger partial charge in [0.2, 0.25) is 0 Å². The number of nitrogens with one attached hydrogen (secondary N) is 1. The summed E-state index contributed by atoms with van der Waals surface area (Å²) in [5.74, 6) is 0.710. The molecule has 0 aliphatic carbocycles. The monoisotopic (exact) mass is 609 g/mol. The summed E-state index contributed by atoms with van der Waals surface area (Å²) in [5, 5.41) is 21.2. The van der Waals surface area contributed by atoms with Gasteiger partial charge in [-0.3, -0.25) is 4.79 Å². The van der Waals surface area contributed by atoms with Gasteiger partial charge in [0.1, 0.15) is 0 Å². The minimum absolute atomic E-state index is 0.00870. The maximum atomic E-state index is 11.9. The predicted molar refractivity (Wildman–Crippen MR) is 157 cm³/mol. The number of benzene rings is 3. The second-order valence-corrected chi connectivity index (χ2v) is 12.6. The summed E-state index contributed by atoms with van der Waals surface area (Å²) in [6, 6.07) is 23.5. The molecule has 3 aromatic carbocycles. The van der Waals surface area contributed by atoms with Gasteiger partial charge in [0.05, 0.1) is 25.4 Å². The summed E-state index contributed by atoms with van der Waals surface area (Å²) in [6.45, 7) is 0.336. The Hall–Kier alpha value is -1.81. The molecule has 39 heavy (non-hydrogen) atoms. The molecule has 3 aromatic rings. The lowest BCUT2D eigenvalue weighted by Crippen LogP contribution is -2.33. The van der Waals surface area contributed by atoms with Gasteiger partial charge in [0, 0.05) is 30.0 Å². The van der Waals surface area contributed by atoms with Crippen LogP contribution in [0.1, 0.15) is 41.1 Å². The first-order valence-corrected chi connectivity index (χ1v) is 14.8. The van der Waals surface area contributed by atoms with Gasteiger partial charge in [-0.1, -0.05) is 95.5 Å². The molecule has 0 radical (unpaired) electrons. The van der Waals surface area contributed by atoms with E-state index in [0.29, 0.717) is 12.2 Å². The van der Waals surface area contributed by atoms with E-state index in [1.165, 1.54) is 0 Å². The molecule has 0 aromatic heterocycles. The highest BCUT2D eigenvalue weighted by molar-refractivity contribution is 7.99. The van der Waals surface area contributed by atoms with E-state index in [2.05, 4.69) is 5.32 Å². The topological polar surface area (TPSA) is 88.0 Å². The standard InChI is InChI=1S/C29H30Cl3NO5S/c30-29(31,32)28(36)33-16-20-3-1-4-22(13-20)23-5-2-6-24(14-23)27-37-25(18-39-12-11-34)15-26(38-27)21-9-7-19(17-35)8-10-21/h1-10,13-14,25-27,34-35H,11-12,15-18H2,(H,33,36)/t25-,26+,27+/m1/s1. The average Bonchev–Trinajstić information content (AvgIpc) is 2.95. The van der Waals surface area contributed by atoms with E-state index < -0.39 is 16.0 Å². The minimum atomic E-state index is -2.01. The molecule has 1 amide bonds. The van der Waals surface area contributed by atoms with Crippen molar-refractivity contribution in [1.82, 2.24) is 5.32 Å². The third kappa shape index (κ3) is 8.59. The fourth-order valence-corrected chi connectivity index (χ4v) is 5.28. The molecular formula is C29H30Cl3NO5S. The fourth-order valence-electron chi connectivity index (χ4n) is 4.31. The van der Waals surface area contributed by atoms with Crippen molar-refractivity contribution in [2.45, 2.75) is 41.9 Å². The molecule has 1 fully saturated rings. The zero-order chi connectivity index (χ0) is 27.8. The van der Waals surface area contributed by atoms with Crippen LogP contribution in [0.4, 0.5) is 0 Å². The number of carbonyl (C=O) groups is 1. The Morgan fingerprint density at radius 2 is 1.64 bits per heavy atom. The Morgan fingerprint density at radius 3 is 2.33 bits per heavy atom. The van der Waals surface area contributed by atoms with Crippen LogP contribution in [-0.2, 0) is 27.4 Å². The molecule has 1 saturated heterocycles. The molecule has 3 N–H and O–H groups in total. The summed E-state index contributed by atoms with van der Waals surface area (Å²) in [5.41, 5.74) is 5.54. The molecule has 10 heteroatoms. The van der Waals surface area contributed by atoms with Gasteiger partial charge in [-0.15, -0.1) is 0 Å². The number of aliphatic hydroxyl groups is 2. The maximum Gasteiger partial charge on any atom is 0.272 e. The van der Waals surface area contributed by atoms with Crippen molar-refractivity contribution in [3.05, 3.63) is 95.1 Å². The Balaban J connectivity index is 1.53. The highest BCUT2D eigenvalue weighted by Crippen LogP contribution is 2.39. The number of carbonyl (C=O) groups excluding carboxylic acids is 1. The van der Waals surface area contributed by atoms with Crippen molar-refractivity contribution in [2.75, 3.05) is 18.1 Å². The molecule has 0 spiro atoms. The number of halogens is 3. The highest BCUT2D eigenvalue weighted by Gasteiger charge is 2.32. The van der Waals surface area contributed by atoms with Gasteiger partial charge in [-0.05, 0) is 39.9 Å². The van der Waals surface area contributed by atoms with Crippen molar-refractivity contribution < 1.29 is 24.5 Å². The van der Waals surface area contributed by atoms with E-state index in [-0.39, 0.29) is 32.0 Å². The SMILES string of the molecule is O=C(NCc1cccc(-c2cccc([C@H]3O[C@@H](CSCCO)C[C@@H](c4ccc(CO)cc4)O3)c2)c1)C(Cl)(Cl)Cl. The summed E-state index contributed by atoms with van der Waals surface area (Å²) >= 11 is 18.6. The van der Waals surface area contributed by atoms with Gasteiger partial charge >= 0.3 is 0 Å². The van der Waals surface area contributed by atoms with E-state index in [0.717, 1.165) is 39.1 Å². The molecule has 208 valence electrons. The smallest absolute Gasteiger partial charge is 0.272 e. The number of hydrogen-bond donors (Lipinski definition) is 3. The number of thioether (sulfide) groups is 1. The largest absolute Gasteiger partial charge is 0.396 e. The maximum absolute atomic E-state index is 11.9. The quantitative estimate of drug-likeness (QED) is 0.190. The first-order valence-electron chi connectivity index (χ1n) is 12.5. The molecule has 1 heterocycles. The molecule has 1 aliphatic heterocycles. The molecule has 3 atom stereocenters. The van der Waals surface area contributed by atoms with Crippen LogP contribution in [0, 0.1) is 0 Å². The van der Waals surface area contributed by atoms with Crippen molar-refractivity contribution in [3.63, 3.8) is 0 Å². The third-order valence-electron chi connectivity index (χ3n) is 6.28. The Kier molecular flexibility index (Phi) is 11.0. The Labute approximate surface area is 247 Å².